The summed E-state index contributed by atoms with van der Waals surface area (Å²) < 4.78 is 0. The number of nitrogens with one attached hydrogen (secondary N) is 1. The lowest BCUT2D eigenvalue weighted by molar-refractivity contribution is -0.123. The third-order valence-electron chi connectivity index (χ3n) is 2.92. The zero-order valence-corrected chi connectivity index (χ0v) is 10.9. The van der Waals surface area contributed by atoms with Gasteiger partial charge in [-0.2, -0.15) is 5.26 Å². The van der Waals surface area contributed by atoms with E-state index in [0.29, 0.717) is 18.9 Å². The van der Waals surface area contributed by atoms with Crippen molar-refractivity contribution in [1.82, 2.24) is 10.2 Å². The Hall–Kier alpha value is -1.08. The summed E-state index contributed by atoms with van der Waals surface area (Å²) in [5.41, 5.74) is 0. The van der Waals surface area contributed by atoms with Crippen LogP contribution in [-0.4, -0.2) is 36.5 Å². The summed E-state index contributed by atoms with van der Waals surface area (Å²) in [6.45, 7) is 8.45. The first-order valence-electron chi connectivity index (χ1n) is 5.75. The van der Waals surface area contributed by atoms with Gasteiger partial charge in [-0.25, -0.2) is 0 Å². The quantitative estimate of drug-likeness (QED) is 0.743. The van der Waals surface area contributed by atoms with Crippen molar-refractivity contribution in [3.8, 4) is 6.07 Å². The van der Waals surface area contributed by atoms with Crippen molar-refractivity contribution < 1.29 is 4.79 Å². The summed E-state index contributed by atoms with van der Waals surface area (Å²) in [6, 6.07) is 2.41. The Labute approximate surface area is 98.6 Å². The minimum absolute atomic E-state index is 0.0217. The largest absolute Gasteiger partial charge is 0.352 e. The van der Waals surface area contributed by atoms with E-state index in [1.54, 1.807) is 0 Å². The molecular weight excluding hydrogens is 202 g/mol. The molecule has 0 aliphatic carbocycles. The van der Waals surface area contributed by atoms with Crippen LogP contribution in [0.4, 0.5) is 0 Å². The maximum absolute atomic E-state index is 11.6. The van der Waals surface area contributed by atoms with Crippen LogP contribution in [0, 0.1) is 17.2 Å². The van der Waals surface area contributed by atoms with E-state index in [1.165, 1.54) is 0 Å². The third-order valence-corrected chi connectivity index (χ3v) is 2.92. The van der Waals surface area contributed by atoms with Gasteiger partial charge in [-0.15, -0.1) is 0 Å². The van der Waals surface area contributed by atoms with Crippen molar-refractivity contribution >= 4 is 5.91 Å². The van der Waals surface area contributed by atoms with E-state index in [1.807, 2.05) is 25.8 Å². The molecule has 0 fully saturated rings. The molecule has 0 aromatic carbocycles. The molecule has 0 rings (SSSR count). The number of carbonyl (C=O) groups excluding carboxylic acids is 1. The minimum atomic E-state index is 0.0217. The molecule has 0 spiro atoms. The van der Waals surface area contributed by atoms with Gasteiger partial charge in [0.25, 0.3) is 0 Å². The highest BCUT2D eigenvalue weighted by Gasteiger charge is 2.15. The molecule has 0 aromatic rings. The zero-order valence-electron chi connectivity index (χ0n) is 10.9. The van der Waals surface area contributed by atoms with Gasteiger partial charge in [-0.3, -0.25) is 9.69 Å². The molecule has 1 N–H and O–H groups in total. The molecule has 2 unspecified atom stereocenters. The first-order chi connectivity index (χ1) is 7.38. The fourth-order valence-electron chi connectivity index (χ4n) is 1.14. The van der Waals surface area contributed by atoms with E-state index < -0.39 is 0 Å². The van der Waals surface area contributed by atoms with E-state index in [0.717, 1.165) is 0 Å². The van der Waals surface area contributed by atoms with Crippen LogP contribution in [0.3, 0.4) is 0 Å². The Morgan fingerprint density at radius 2 is 1.94 bits per heavy atom. The number of hydrogen-bond acceptors (Lipinski definition) is 3. The maximum Gasteiger partial charge on any atom is 0.234 e. The summed E-state index contributed by atoms with van der Waals surface area (Å²) in [5, 5.41) is 11.5. The highest BCUT2D eigenvalue weighted by molar-refractivity contribution is 5.78. The Morgan fingerprint density at radius 1 is 1.38 bits per heavy atom. The minimum Gasteiger partial charge on any atom is -0.352 e. The van der Waals surface area contributed by atoms with Gasteiger partial charge in [0.05, 0.1) is 19.0 Å². The molecule has 1 amide bonds. The van der Waals surface area contributed by atoms with Gasteiger partial charge >= 0.3 is 0 Å². The second-order valence-electron chi connectivity index (χ2n) is 4.73. The molecule has 4 heteroatoms. The summed E-state index contributed by atoms with van der Waals surface area (Å²) >= 11 is 0. The van der Waals surface area contributed by atoms with Crippen molar-refractivity contribution in [3.63, 3.8) is 0 Å². The number of likely N-dealkylation sites (N-methyl/N-ethyl adjacent to an activating group) is 1. The zero-order chi connectivity index (χ0) is 12.7. The Bertz CT molecular complexity index is 257. The first-order valence-corrected chi connectivity index (χ1v) is 5.75. The molecule has 0 aliphatic rings. The summed E-state index contributed by atoms with van der Waals surface area (Å²) in [5.74, 6) is 0.458. The maximum atomic E-state index is 11.6. The van der Waals surface area contributed by atoms with Crippen LogP contribution in [0.1, 0.15) is 34.1 Å². The predicted molar refractivity (Wildman–Crippen MR) is 64.8 cm³/mol. The molecule has 2 atom stereocenters. The van der Waals surface area contributed by atoms with Gasteiger partial charge in [0.2, 0.25) is 5.91 Å². The van der Waals surface area contributed by atoms with Gasteiger partial charge in [0, 0.05) is 12.1 Å². The molecule has 0 aromatic heterocycles. The van der Waals surface area contributed by atoms with E-state index in [2.05, 4.69) is 25.2 Å². The predicted octanol–water partition coefficient (Wildman–Crippen LogP) is 1.38. The average molecular weight is 225 g/mol. The molecule has 0 heterocycles. The van der Waals surface area contributed by atoms with Crippen molar-refractivity contribution in [2.24, 2.45) is 5.92 Å². The van der Waals surface area contributed by atoms with E-state index in [9.17, 15) is 4.79 Å². The number of rotatable bonds is 6. The summed E-state index contributed by atoms with van der Waals surface area (Å²) in [4.78, 5) is 13.5. The summed E-state index contributed by atoms with van der Waals surface area (Å²) in [6.07, 6.45) is 0.448. The van der Waals surface area contributed by atoms with E-state index in [4.69, 9.17) is 5.26 Å². The SMILES string of the molecule is CC(C)C(C)NC(=O)CN(C)C(C)CC#N. The topological polar surface area (TPSA) is 56.1 Å². The van der Waals surface area contributed by atoms with Gasteiger partial charge in [-0.05, 0) is 26.8 Å². The molecule has 0 saturated heterocycles. The normalized spacial score (nSPS) is 14.6. The lowest BCUT2D eigenvalue weighted by Gasteiger charge is -2.24. The van der Waals surface area contributed by atoms with Crippen molar-refractivity contribution in [1.29, 1.82) is 5.26 Å². The fraction of sp³-hybridized carbons (Fsp3) is 0.833. The molecule has 0 bridgehead atoms. The lowest BCUT2D eigenvalue weighted by Crippen LogP contribution is -2.43. The monoisotopic (exact) mass is 225 g/mol. The Balaban J connectivity index is 4.01. The van der Waals surface area contributed by atoms with E-state index >= 15 is 0 Å². The van der Waals surface area contributed by atoms with Crippen molar-refractivity contribution in [2.45, 2.75) is 46.2 Å². The van der Waals surface area contributed by atoms with Gasteiger partial charge in [-0.1, -0.05) is 13.8 Å². The van der Waals surface area contributed by atoms with Crippen LogP contribution < -0.4 is 5.32 Å². The Morgan fingerprint density at radius 3 is 2.38 bits per heavy atom. The molecule has 4 nitrogen and oxygen atoms in total. The number of nitriles is 1. The molecule has 0 radical (unpaired) electrons. The number of nitrogens with zero attached hydrogens (tertiary/aromatic N) is 2. The fourth-order valence-corrected chi connectivity index (χ4v) is 1.14. The first kappa shape index (κ1) is 14.9. The van der Waals surface area contributed by atoms with Crippen LogP contribution in [0.15, 0.2) is 0 Å². The molecule has 92 valence electrons. The lowest BCUT2D eigenvalue weighted by atomic mass is 10.1. The van der Waals surface area contributed by atoms with Crippen molar-refractivity contribution in [3.05, 3.63) is 0 Å². The van der Waals surface area contributed by atoms with Gasteiger partial charge in [0.15, 0.2) is 0 Å². The molecular formula is C12H23N3O. The van der Waals surface area contributed by atoms with Gasteiger partial charge < -0.3 is 5.32 Å². The highest BCUT2D eigenvalue weighted by Crippen LogP contribution is 2.02. The molecule has 0 saturated carbocycles. The second-order valence-corrected chi connectivity index (χ2v) is 4.73. The highest BCUT2D eigenvalue weighted by atomic mass is 16.2. The van der Waals surface area contributed by atoms with Crippen LogP contribution >= 0.6 is 0 Å². The van der Waals surface area contributed by atoms with Crippen molar-refractivity contribution in [2.75, 3.05) is 13.6 Å². The number of hydrogen-bond donors (Lipinski definition) is 1. The smallest absolute Gasteiger partial charge is 0.234 e. The van der Waals surface area contributed by atoms with Crippen LogP contribution in [0.2, 0.25) is 0 Å². The Kier molecular flexibility index (Phi) is 6.75. The third kappa shape index (κ3) is 5.72. The second kappa shape index (κ2) is 7.24. The summed E-state index contributed by atoms with van der Waals surface area (Å²) in [7, 11) is 1.86. The average Bonchev–Trinajstić information content (AvgIpc) is 2.17. The van der Waals surface area contributed by atoms with Crippen LogP contribution in [0.5, 0.6) is 0 Å². The van der Waals surface area contributed by atoms with Gasteiger partial charge in [0.1, 0.15) is 0 Å². The van der Waals surface area contributed by atoms with E-state index in [-0.39, 0.29) is 18.0 Å². The number of carbonyl (C=O) groups is 1. The molecule has 0 aliphatic heterocycles. The number of amides is 1. The van der Waals surface area contributed by atoms with Crippen LogP contribution in [0.25, 0.3) is 0 Å². The standard InChI is InChI=1S/C12H23N3O/c1-9(2)11(4)14-12(16)8-15(5)10(3)6-7-13/h9-11H,6,8H2,1-5H3,(H,14,16). The van der Waals surface area contributed by atoms with Crippen LogP contribution in [-0.2, 0) is 4.79 Å². The molecule has 16 heavy (non-hydrogen) atoms.